The molecule has 1 N–H and O–H groups in total. The van der Waals surface area contributed by atoms with Crippen LogP contribution in [-0.4, -0.2) is 17.2 Å². The zero-order chi connectivity index (χ0) is 13.8. The molecule has 100 valence electrons. The van der Waals surface area contributed by atoms with E-state index in [2.05, 4.69) is 4.98 Å². The van der Waals surface area contributed by atoms with Crippen LogP contribution in [0.4, 0.5) is 4.39 Å². The minimum Gasteiger partial charge on any atom is -0.494 e. The summed E-state index contributed by atoms with van der Waals surface area (Å²) in [6.07, 6.45) is 2.68. The zero-order valence-electron chi connectivity index (χ0n) is 10.3. The number of hydrogen-bond acceptors (Lipinski definition) is 3. The number of pyridine rings is 1. The third-order valence-electron chi connectivity index (χ3n) is 2.83. The van der Waals surface area contributed by atoms with Crippen LogP contribution in [0.25, 0.3) is 0 Å². The molecule has 1 aromatic carbocycles. The average molecular weight is 282 g/mol. The number of halogens is 2. The average Bonchev–Trinajstić information content (AvgIpc) is 2.42. The molecule has 5 heteroatoms. The van der Waals surface area contributed by atoms with Gasteiger partial charge in [-0.1, -0.05) is 17.7 Å². The highest BCUT2D eigenvalue weighted by Crippen LogP contribution is 2.26. The maximum atomic E-state index is 13.3. The quantitative estimate of drug-likeness (QED) is 0.936. The Balaban J connectivity index is 2.20. The highest BCUT2D eigenvalue weighted by Gasteiger charge is 2.13. The first-order chi connectivity index (χ1) is 9.11. The third kappa shape index (κ3) is 3.22. The predicted octanol–water partition coefficient (Wildman–Crippen LogP) is 3.16. The summed E-state index contributed by atoms with van der Waals surface area (Å²) in [5.41, 5.74) is 1.36. The van der Waals surface area contributed by atoms with Gasteiger partial charge in [0.2, 0.25) is 0 Å². The van der Waals surface area contributed by atoms with E-state index in [0.717, 1.165) is 5.56 Å². The molecule has 0 amide bonds. The molecule has 0 saturated carbocycles. The zero-order valence-corrected chi connectivity index (χ0v) is 11.1. The lowest BCUT2D eigenvalue weighted by Gasteiger charge is -2.13. The van der Waals surface area contributed by atoms with Crippen molar-refractivity contribution in [2.45, 2.75) is 12.5 Å². The van der Waals surface area contributed by atoms with Gasteiger partial charge in [0.25, 0.3) is 0 Å². The number of nitrogens with zero attached hydrogens (tertiary/aromatic N) is 1. The number of benzene rings is 1. The van der Waals surface area contributed by atoms with Crippen molar-refractivity contribution in [3.05, 3.63) is 58.6 Å². The van der Waals surface area contributed by atoms with E-state index < -0.39 is 11.9 Å². The number of methoxy groups -OCH3 is 1. The summed E-state index contributed by atoms with van der Waals surface area (Å²) in [6.45, 7) is 0. The molecule has 0 saturated heterocycles. The van der Waals surface area contributed by atoms with Crippen LogP contribution >= 0.6 is 11.6 Å². The minimum absolute atomic E-state index is 0.109. The van der Waals surface area contributed by atoms with Gasteiger partial charge in [-0.2, -0.15) is 0 Å². The SMILES string of the molecule is COc1cc(C(O)Cc2ccncc2Cl)ccc1F. The van der Waals surface area contributed by atoms with E-state index in [-0.39, 0.29) is 5.75 Å². The van der Waals surface area contributed by atoms with Gasteiger partial charge in [-0.15, -0.1) is 0 Å². The monoisotopic (exact) mass is 281 g/mol. The van der Waals surface area contributed by atoms with Gasteiger partial charge in [-0.3, -0.25) is 4.98 Å². The normalized spacial score (nSPS) is 12.2. The van der Waals surface area contributed by atoms with Gasteiger partial charge in [0.15, 0.2) is 11.6 Å². The summed E-state index contributed by atoms with van der Waals surface area (Å²) >= 11 is 5.98. The lowest BCUT2D eigenvalue weighted by Crippen LogP contribution is -2.03. The Hall–Kier alpha value is -1.65. The molecule has 0 fully saturated rings. The number of ether oxygens (including phenoxy) is 1. The van der Waals surface area contributed by atoms with Gasteiger partial charge >= 0.3 is 0 Å². The third-order valence-corrected chi connectivity index (χ3v) is 3.17. The summed E-state index contributed by atoms with van der Waals surface area (Å²) < 4.78 is 18.2. The molecule has 0 aliphatic heterocycles. The topological polar surface area (TPSA) is 42.4 Å². The summed E-state index contributed by atoms with van der Waals surface area (Å²) in [5, 5.41) is 10.6. The van der Waals surface area contributed by atoms with Gasteiger partial charge in [0, 0.05) is 18.8 Å². The van der Waals surface area contributed by atoms with Gasteiger partial charge in [-0.25, -0.2) is 4.39 Å². The highest BCUT2D eigenvalue weighted by atomic mass is 35.5. The second-order valence-electron chi connectivity index (χ2n) is 4.08. The fourth-order valence-electron chi connectivity index (χ4n) is 1.78. The molecule has 1 aromatic heterocycles. The molecule has 1 heterocycles. The van der Waals surface area contributed by atoms with Crippen LogP contribution in [-0.2, 0) is 6.42 Å². The van der Waals surface area contributed by atoms with E-state index in [1.165, 1.54) is 31.5 Å². The fourth-order valence-corrected chi connectivity index (χ4v) is 1.98. The molecule has 0 aliphatic carbocycles. The highest BCUT2D eigenvalue weighted by molar-refractivity contribution is 6.31. The Morgan fingerprint density at radius 2 is 2.21 bits per heavy atom. The molecule has 1 atom stereocenters. The van der Waals surface area contributed by atoms with Crippen LogP contribution in [0.3, 0.4) is 0 Å². The minimum atomic E-state index is -0.783. The van der Waals surface area contributed by atoms with Crippen molar-refractivity contribution in [3.63, 3.8) is 0 Å². The molecule has 19 heavy (non-hydrogen) atoms. The number of aliphatic hydroxyl groups is 1. The second kappa shape index (κ2) is 5.99. The molecule has 2 rings (SSSR count). The number of aromatic nitrogens is 1. The largest absolute Gasteiger partial charge is 0.494 e. The second-order valence-corrected chi connectivity index (χ2v) is 4.49. The van der Waals surface area contributed by atoms with Crippen LogP contribution in [0.15, 0.2) is 36.7 Å². The van der Waals surface area contributed by atoms with E-state index in [1.54, 1.807) is 12.3 Å². The van der Waals surface area contributed by atoms with E-state index in [9.17, 15) is 9.50 Å². The Morgan fingerprint density at radius 3 is 2.89 bits per heavy atom. The summed E-state index contributed by atoms with van der Waals surface area (Å²) in [6, 6.07) is 6.02. The first kappa shape index (κ1) is 13.8. The first-order valence-electron chi connectivity index (χ1n) is 5.71. The van der Waals surface area contributed by atoms with E-state index in [0.29, 0.717) is 17.0 Å². The number of hydrogen-bond donors (Lipinski definition) is 1. The number of aliphatic hydroxyl groups excluding tert-OH is 1. The standard InChI is InChI=1S/C14H13ClFNO2/c1-19-14-7-10(2-3-12(14)16)13(18)6-9-4-5-17-8-11(9)15/h2-5,7-8,13,18H,6H2,1H3. The van der Waals surface area contributed by atoms with Gasteiger partial charge in [0.05, 0.1) is 18.2 Å². The molecule has 0 radical (unpaired) electrons. The molecule has 2 aromatic rings. The van der Waals surface area contributed by atoms with Gasteiger partial charge < -0.3 is 9.84 Å². The smallest absolute Gasteiger partial charge is 0.165 e. The molecule has 1 unspecified atom stereocenters. The Bertz CT molecular complexity index is 577. The van der Waals surface area contributed by atoms with E-state index >= 15 is 0 Å². The molecule has 0 bridgehead atoms. The van der Waals surface area contributed by atoms with Crippen LogP contribution in [0.2, 0.25) is 5.02 Å². The van der Waals surface area contributed by atoms with Gasteiger partial charge in [-0.05, 0) is 29.3 Å². The van der Waals surface area contributed by atoms with Crippen molar-refractivity contribution in [1.29, 1.82) is 0 Å². The molecular weight excluding hydrogens is 269 g/mol. The maximum absolute atomic E-state index is 13.3. The maximum Gasteiger partial charge on any atom is 0.165 e. The molecule has 0 aliphatic rings. The lowest BCUT2D eigenvalue weighted by molar-refractivity contribution is 0.178. The summed E-state index contributed by atoms with van der Waals surface area (Å²) in [7, 11) is 1.38. The summed E-state index contributed by atoms with van der Waals surface area (Å²) in [5.74, 6) is -0.349. The van der Waals surface area contributed by atoms with Crippen molar-refractivity contribution >= 4 is 11.6 Å². The van der Waals surface area contributed by atoms with E-state index in [4.69, 9.17) is 16.3 Å². The molecule has 0 spiro atoms. The van der Waals surface area contributed by atoms with E-state index in [1.807, 2.05) is 0 Å². The Morgan fingerprint density at radius 1 is 1.42 bits per heavy atom. The molecule has 3 nitrogen and oxygen atoms in total. The van der Waals surface area contributed by atoms with Crippen LogP contribution in [0, 0.1) is 5.82 Å². The molecular formula is C14H13ClFNO2. The van der Waals surface area contributed by atoms with Crippen LogP contribution in [0.5, 0.6) is 5.75 Å². The van der Waals surface area contributed by atoms with Crippen molar-refractivity contribution in [1.82, 2.24) is 4.98 Å². The van der Waals surface area contributed by atoms with Crippen molar-refractivity contribution < 1.29 is 14.2 Å². The van der Waals surface area contributed by atoms with Crippen LogP contribution in [0.1, 0.15) is 17.2 Å². The first-order valence-corrected chi connectivity index (χ1v) is 6.09. The van der Waals surface area contributed by atoms with Gasteiger partial charge in [0.1, 0.15) is 0 Å². The fraction of sp³-hybridized carbons (Fsp3) is 0.214. The predicted molar refractivity (Wildman–Crippen MR) is 70.9 cm³/mol. The van der Waals surface area contributed by atoms with Crippen molar-refractivity contribution in [2.75, 3.05) is 7.11 Å². The summed E-state index contributed by atoms with van der Waals surface area (Å²) in [4.78, 5) is 3.88. The van der Waals surface area contributed by atoms with Crippen molar-refractivity contribution in [3.8, 4) is 5.75 Å². The Kier molecular flexibility index (Phi) is 4.35. The lowest BCUT2D eigenvalue weighted by atomic mass is 10.0. The Labute approximate surface area is 115 Å². The van der Waals surface area contributed by atoms with Crippen molar-refractivity contribution in [2.24, 2.45) is 0 Å². The number of rotatable bonds is 4. The van der Waals surface area contributed by atoms with Crippen LogP contribution < -0.4 is 4.74 Å².